The highest BCUT2D eigenvalue weighted by atomic mass is 19.4. The van der Waals surface area contributed by atoms with Crippen molar-refractivity contribution in [2.75, 3.05) is 43.6 Å². The fraction of sp³-hybridized carbons (Fsp3) is 0.429. The molecule has 0 unspecified atom stereocenters. The van der Waals surface area contributed by atoms with Crippen LogP contribution in [0.25, 0.3) is 0 Å². The van der Waals surface area contributed by atoms with Gasteiger partial charge in [0.2, 0.25) is 5.91 Å². The molecule has 1 aromatic carbocycles. The number of likely N-dealkylation sites (tertiary alicyclic amines) is 1. The standard InChI is InChI=1S/C28H30F5N5O4/c1-27(15-29,16-30)23-13-24(37-42-23)36-25(39)12-18-2-4-19(5-3-18)35-26(40)22-7-6-21(14-34-22)41-20-8-10-38(11-9-20)17-28(31,32)33/h2-7,13-14,20H,8-12,15-17H2,1H3,(H,35,40)(H,36,37,39). The molecule has 3 aromatic rings. The number of piperidine rings is 1. The van der Waals surface area contributed by atoms with E-state index < -0.39 is 43.3 Å². The van der Waals surface area contributed by atoms with Gasteiger partial charge in [-0.15, -0.1) is 0 Å². The maximum absolute atomic E-state index is 13.2. The van der Waals surface area contributed by atoms with Gasteiger partial charge >= 0.3 is 6.18 Å². The summed E-state index contributed by atoms with van der Waals surface area (Å²) < 4.78 is 74.8. The van der Waals surface area contributed by atoms with Crippen LogP contribution in [0.3, 0.4) is 0 Å². The number of alkyl halides is 5. The average molecular weight is 596 g/mol. The molecule has 4 rings (SSSR count). The SMILES string of the molecule is CC(CF)(CF)c1cc(NC(=O)Cc2ccc(NC(=O)c3ccc(OC4CCN(CC(F)(F)F)CC4)cn3)cc2)no1. The average Bonchev–Trinajstić information content (AvgIpc) is 3.43. The number of aromatic nitrogens is 2. The molecule has 0 spiro atoms. The molecule has 0 radical (unpaired) electrons. The molecule has 14 heteroatoms. The summed E-state index contributed by atoms with van der Waals surface area (Å²) in [4.78, 5) is 30.5. The molecule has 9 nitrogen and oxygen atoms in total. The van der Waals surface area contributed by atoms with Crippen molar-refractivity contribution >= 4 is 23.3 Å². The number of carbonyl (C=O) groups is 2. The minimum absolute atomic E-state index is 0.0110. The number of anilines is 2. The number of benzene rings is 1. The topological polar surface area (TPSA) is 110 Å². The number of amides is 2. The van der Waals surface area contributed by atoms with Gasteiger partial charge in [-0.3, -0.25) is 14.5 Å². The van der Waals surface area contributed by atoms with Crippen LogP contribution in [0.4, 0.5) is 33.5 Å². The Bertz CT molecular complexity index is 1340. The second-order valence-corrected chi connectivity index (χ2v) is 10.4. The van der Waals surface area contributed by atoms with Crippen molar-refractivity contribution in [2.45, 2.75) is 43.9 Å². The molecule has 1 saturated heterocycles. The van der Waals surface area contributed by atoms with Crippen LogP contribution < -0.4 is 15.4 Å². The third-order valence-electron chi connectivity index (χ3n) is 6.75. The van der Waals surface area contributed by atoms with E-state index in [9.17, 15) is 31.5 Å². The first-order chi connectivity index (χ1) is 20.0. The van der Waals surface area contributed by atoms with Crippen LogP contribution in [0.15, 0.2) is 53.2 Å². The van der Waals surface area contributed by atoms with E-state index in [1.54, 1.807) is 30.3 Å². The van der Waals surface area contributed by atoms with Crippen LogP contribution >= 0.6 is 0 Å². The summed E-state index contributed by atoms with van der Waals surface area (Å²) in [5.74, 6) is -0.440. The largest absolute Gasteiger partial charge is 0.489 e. The van der Waals surface area contributed by atoms with Gasteiger partial charge in [0.1, 0.15) is 36.7 Å². The molecule has 42 heavy (non-hydrogen) atoms. The van der Waals surface area contributed by atoms with Crippen LogP contribution in [-0.2, 0) is 16.6 Å². The molecule has 226 valence electrons. The zero-order valence-electron chi connectivity index (χ0n) is 22.7. The third kappa shape index (κ3) is 8.47. The van der Waals surface area contributed by atoms with Crippen LogP contribution in [0.2, 0.25) is 0 Å². The molecular weight excluding hydrogens is 565 g/mol. The summed E-state index contributed by atoms with van der Waals surface area (Å²) in [5.41, 5.74) is -0.232. The van der Waals surface area contributed by atoms with E-state index in [0.717, 1.165) is 0 Å². The Hall–Kier alpha value is -4.07. The molecule has 0 saturated carbocycles. The molecule has 1 aliphatic heterocycles. The first-order valence-corrected chi connectivity index (χ1v) is 13.2. The number of rotatable bonds is 11. The number of hydrogen-bond acceptors (Lipinski definition) is 7. The molecule has 2 N–H and O–H groups in total. The van der Waals surface area contributed by atoms with E-state index in [1.165, 1.54) is 30.2 Å². The summed E-state index contributed by atoms with van der Waals surface area (Å²) in [6, 6.07) is 10.9. The lowest BCUT2D eigenvalue weighted by molar-refractivity contribution is -0.149. The van der Waals surface area contributed by atoms with Crippen LogP contribution in [0.5, 0.6) is 5.75 Å². The third-order valence-corrected chi connectivity index (χ3v) is 6.75. The van der Waals surface area contributed by atoms with Crippen molar-refractivity contribution in [2.24, 2.45) is 0 Å². The van der Waals surface area contributed by atoms with Crippen molar-refractivity contribution < 1.29 is 40.8 Å². The number of ether oxygens (including phenoxy) is 1. The van der Waals surface area contributed by atoms with Gasteiger partial charge in [0.25, 0.3) is 5.91 Å². The summed E-state index contributed by atoms with van der Waals surface area (Å²) in [6.45, 7) is -0.980. The predicted octanol–water partition coefficient (Wildman–Crippen LogP) is 5.11. The second-order valence-electron chi connectivity index (χ2n) is 10.4. The zero-order valence-corrected chi connectivity index (χ0v) is 22.7. The fourth-order valence-electron chi connectivity index (χ4n) is 4.28. The Labute approximate surface area is 238 Å². The maximum Gasteiger partial charge on any atom is 0.401 e. The highest BCUT2D eigenvalue weighted by molar-refractivity contribution is 6.02. The normalized spacial score (nSPS) is 14.9. The highest BCUT2D eigenvalue weighted by Crippen LogP contribution is 2.27. The zero-order chi connectivity index (χ0) is 30.3. The van der Waals surface area contributed by atoms with E-state index in [2.05, 4.69) is 20.8 Å². The first-order valence-electron chi connectivity index (χ1n) is 13.2. The molecule has 0 aliphatic carbocycles. The summed E-state index contributed by atoms with van der Waals surface area (Å²) in [5, 5.41) is 8.87. The van der Waals surface area contributed by atoms with E-state index in [1.807, 2.05) is 0 Å². The van der Waals surface area contributed by atoms with Gasteiger partial charge in [0, 0.05) is 24.8 Å². The van der Waals surface area contributed by atoms with Crippen molar-refractivity contribution in [3.63, 3.8) is 0 Å². The van der Waals surface area contributed by atoms with Crippen LogP contribution in [0.1, 0.15) is 41.6 Å². The lowest BCUT2D eigenvalue weighted by Crippen LogP contribution is -2.42. The van der Waals surface area contributed by atoms with Gasteiger partial charge in [-0.05, 0) is 49.6 Å². The Morgan fingerprint density at radius 1 is 1.05 bits per heavy atom. The Morgan fingerprint density at radius 3 is 2.33 bits per heavy atom. The van der Waals surface area contributed by atoms with Crippen molar-refractivity contribution in [1.82, 2.24) is 15.0 Å². The minimum atomic E-state index is -4.22. The Balaban J connectivity index is 1.23. The lowest BCUT2D eigenvalue weighted by atomic mass is 9.91. The van der Waals surface area contributed by atoms with Crippen molar-refractivity contribution in [1.29, 1.82) is 0 Å². The summed E-state index contributed by atoms with van der Waals surface area (Å²) in [7, 11) is 0. The van der Waals surface area contributed by atoms with Crippen LogP contribution in [-0.4, -0.2) is 72.1 Å². The molecule has 2 aromatic heterocycles. The predicted molar refractivity (Wildman–Crippen MR) is 143 cm³/mol. The molecule has 0 atom stereocenters. The minimum Gasteiger partial charge on any atom is -0.489 e. The molecule has 3 heterocycles. The van der Waals surface area contributed by atoms with E-state index in [4.69, 9.17) is 9.26 Å². The van der Waals surface area contributed by atoms with E-state index >= 15 is 0 Å². The summed E-state index contributed by atoms with van der Waals surface area (Å²) >= 11 is 0. The number of pyridine rings is 1. The number of nitrogens with zero attached hydrogens (tertiary/aromatic N) is 3. The number of nitrogens with one attached hydrogen (secondary N) is 2. The molecule has 1 aliphatic rings. The van der Waals surface area contributed by atoms with Gasteiger partial charge in [-0.2, -0.15) is 13.2 Å². The molecule has 2 amide bonds. The Morgan fingerprint density at radius 2 is 1.74 bits per heavy atom. The smallest absolute Gasteiger partial charge is 0.401 e. The first kappa shape index (κ1) is 30.9. The lowest BCUT2D eigenvalue weighted by Gasteiger charge is -2.32. The van der Waals surface area contributed by atoms with Gasteiger partial charge < -0.3 is 19.9 Å². The van der Waals surface area contributed by atoms with Gasteiger partial charge in [-0.25, -0.2) is 13.8 Å². The van der Waals surface area contributed by atoms with Crippen molar-refractivity contribution in [3.8, 4) is 5.75 Å². The molecule has 1 fully saturated rings. The second kappa shape index (κ2) is 13.3. The molecular formula is C28H30F5N5O4. The van der Waals surface area contributed by atoms with E-state index in [-0.39, 0.29) is 42.9 Å². The molecule has 0 bridgehead atoms. The summed E-state index contributed by atoms with van der Waals surface area (Å²) in [6.07, 6.45) is -2.17. The Kier molecular flexibility index (Phi) is 9.76. The van der Waals surface area contributed by atoms with Gasteiger partial charge in [0.15, 0.2) is 5.82 Å². The number of carbonyl (C=O) groups excluding carboxylic acids is 2. The number of halogens is 5. The highest BCUT2D eigenvalue weighted by Gasteiger charge is 2.33. The van der Waals surface area contributed by atoms with Crippen LogP contribution in [0, 0.1) is 0 Å². The maximum atomic E-state index is 13.2. The fourth-order valence-corrected chi connectivity index (χ4v) is 4.28. The van der Waals surface area contributed by atoms with Crippen molar-refractivity contribution in [3.05, 3.63) is 65.7 Å². The monoisotopic (exact) mass is 595 g/mol. The number of hydrogen-bond donors (Lipinski definition) is 2. The van der Waals surface area contributed by atoms with Gasteiger partial charge in [-0.1, -0.05) is 17.3 Å². The van der Waals surface area contributed by atoms with Gasteiger partial charge in [0.05, 0.1) is 24.6 Å². The quantitative estimate of drug-likeness (QED) is 0.297. The van der Waals surface area contributed by atoms with E-state index in [0.29, 0.717) is 29.8 Å².